The third-order valence-electron chi connectivity index (χ3n) is 5.82. The molecule has 2 amide bonds. The average Bonchev–Trinajstić information content (AvgIpc) is 3.35. The maximum absolute atomic E-state index is 12.7. The van der Waals surface area contributed by atoms with Gasteiger partial charge in [0.15, 0.2) is 5.13 Å². The van der Waals surface area contributed by atoms with Crippen LogP contribution in [0.25, 0.3) is 0 Å². The number of hydrogen-bond acceptors (Lipinski definition) is 6. The van der Waals surface area contributed by atoms with E-state index in [0.717, 1.165) is 41.8 Å². The molecule has 0 spiro atoms. The van der Waals surface area contributed by atoms with Crippen molar-refractivity contribution in [2.45, 2.75) is 51.9 Å². The van der Waals surface area contributed by atoms with E-state index in [4.69, 9.17) is 10.6 Å². The number of carbonyl (C=O) groups excluding carboxylic acids is 2. The quantitative estimate of drug-likeness (QED) is 0.438. The number of hydroxylamine groups is 1. The summed E-state index contributed by atoms with van der Waals surface area (Å²) < 4.78 is 0. The lowest BCUT2D eigenvalue weighted by Crippen LogP contribution is -2.27. The summed E-state index contributed by atoms with van der Waals surface area (Å²) in [4.78, 5) is 35.7. The summed E-state index contributed by atoms with van der Waals surface area (Å²) in [6.07, 6.45) is 7.15. The van der Waals surface area contributed by atoms with Gasteiger partial charge in [-0.1, -0.05) is 18.9 Å². The zero-order chi connectivity index (χ0) is 21.1. The van der Waals surface area contributed by atoms with Crippen LogP contribution in [0.1, 0.15) is 65.0 Å². The first-order chi connectivity index (χ1) is 14.5. The smallest absolute Gasteiger partial charge is 0.275 e. The van der Waals surface area contributed by atoms with Gasteiger partial charge < -0.3 is 11.1 Å². The summed E-state index contributed by atoms with van der Waals surface area (Å²) in [5.41, 5.74) is 11.4. The number of nitrogens with zero attached hydrogens (tertiary/aromatic N) is 1. The Hall–Kier alpha value is -2.45. The van der Waals surface area contributed by atoms with Crippen molar-refractivity contribution in [2.75, 3.05) is 17.7 Å². The molecule has 0 aliphatic heterocycles. The molecule has 2 aliphatic rings. The highest BCUT2D eigenvalue weighted by Gasteiger charge is 2.30. The lowest BCUT2D eigenvalue weighted by Gasteiger charge is -2.14. The van der Waals surface area contributed by atoms with Crippen molar-refractivity contribution in [3.05, 3.63) is 39.9 Å². The molecule has 1 heterocycles. The lowest BCUT2D eigenvalue weighted by atomic mass is 10.0. The average molecular weight is 429 g/mol. The number of hydrogen-bond donors (Lipinski definition) is 3. The molecule has 0 saturated heterocycles. The Morgan fingerprint density at radius 3 is 2.73 bits per heavy atom. The first-order valence-corrected chi connectivity index (χ1v) is 11.4. The van der Waals surface area contributed by atoms with Gasteiger partial charge in [-0.05, 0) is 56.2 Å². The molecule has 2 aromatic rings. The number of thiazole rings is 1. The highest BCUT2D eigenvalue weighted by atomic mass is 32.1. The van der Waals surface area contributed by atoms with Gasteiger partial charge in [0, 0.05) is 28.5 Å². The predicted octanol–water partition coefficient (Wildman–Crippen LogP) is 3.82. The van der Waals surface area contributed by atoms with Crippen LogP contribution in [0.3, 0.4) is 0 Å². The number of nitrogens with two attached hydrogens (primary N) is 1. The Morgan fingerprint density at radius 1 is 1.23 bits per heavy atom. The minimum atomic E-state index is -0.292. The Kier molecular flexibility index (Phi) is 6.34. The largest absolute Gasteiger partial charge is 0.398 e. The van der Waals surface area contributed by atoms with Gasteiger partial charge in [0.25, 0.3) is 5.91 Å². The number of benzene rings is 1. The van der Waals surface area contributed by atoms with E-state index in [0.29, 0.717) is 35.3 Å². The highest BCUT2D eigenvalue weighted by molar-refractivity contribution is 7.15. The maximum atomic E-state index is 12.7. The Morgan fingerprint density at radius 2 is 2.00 bits per heavy atom. The molecule has 0 atom stereocenters. The molecule has 2 aliphatic carbocycles. The molecule has 8 heteroatoms. The number of aryl methyl sites for hydroxylation is 1. The molecule has 2 saturated carbocycles. The summed E-state index contributed by atoms with van der Waals surface area (Å²) in [5, 5.41) is 3.49. The molecular weight excluding hydrogens is 400 g/mol. The topological polar surface area (TPSA) is 106 Å². The summed E-state index contributed by atoms with van der Waals surface area (Å²) in [5.74, 6) is 0.394. The monoisotopic (exact) mass is 428 g/mol. The van der Waals surface area contributed by atoms with E-state index in [1.165, 1.54) is 24.2 Å². The second-order valence-electron chi connectivity index (χ2n) is 8.23. The maximum Gasteiger partial charge on any atom is 0.275 e. The van der Waals surface area contributed by atoms with Crippen molar-refractivity contribution >= 4 is 34.0 Å². The summed E-state index contributed by atoms with van der Waals surface area (Å²) in [6, 6.07) is 5.31. The highest BCUT2D eigenvalue weighted by Crippen LogP contribution is 2.33. The number of anilines is 2. The van der Waals surface area contributed by atoms with Gasteiger partial charge in [0.2, 0.25) is 5.91 Å². The van der Waals surface area contributed by atoms with Crippen LogP contribution in [-0.2, 0) is 16.1 Å². The molecule has 0 radical (unpaired) electrons. The number of carbonyl (C=O) groups is 2. The zero-order valence-electron chi connectivity index (χ0n) is 17.2. The molecule has 30 heavy (non-hydrogen) atoms. The fourth-order valence-corrected chi connectivity index (χ4v) is 4.81. The van der Waals surface area contributed by atoms with Gasteiger partial charge in [0.05, 0.1) is 12.3 Å². The standard InChI is InChI=1S/C22H28N4O3S/c1-13-19(30-22(24-13)25-20(27)15-9-10-15)11-17-16(7-4-8-18(17)23)21(28)26-29-12-14-5-2-3-6-14/h4,7-8,14-15H,2-3,5-6,9-12,23H2,1H3,(H,26,28)(H,24,25,27). The van der Waals surface area contributed by atoms with Crippen LogP contribution >= 0.6 is 11.3 Å². The summed E-state index contributed by atoms with van der Waals surface area (Å²) in [6.45, 7) is 2.45. The van der Waals surface area contributed by atoms with Crippen molar-refractivity contribution in [3.63, 3.8) is 0 Å². The van der Waals surface area contributed by atoms with E-state index in [-0.39, 0.29) is 17.7 Å². The lowest BCUT2D eigenvalue weighted by molar-refractivity contribution is -0.117. The first-order valence-electron chi connectivity index (χ1n) is 10.6. The minimum Gasteiger partial charge on any atom is -0.398 e. The van der Waals surface area contributed by atoms with E-state index in [1.54, 1.807) is 18.2 Å². The molecule has 2 fully saturated rings. The van der Waals surface area contributed by atoms with E-state index in [1.807, 2.05) is 6.92 Å². The van der Waals surface area contributed by atoms with Crippen LogP contribution in [0.5, 0.6) is 0 Å². The normalized spacial score (nSPS) is 16.6. The second-order valence-corrected chi connectivity index (χ2v) is 9.32. The molecule has 1 aromatic carbocycles. The van der Waals surface area contributed by atoms with Gasteiger partial charge in [-0.3, -0.25) is 14.4 Å². The number of nitrogens with one attached hydrogen (secondary N) is 2. The van der Waals surface area contributed by atoms with Crippen LogP contribution < -0.4 is 16.5 Å². The first kappa shape index (κ1) is 20.8. The molecular formula is C22H28N4O3S. The Bertz CT molecular complexity index is 932. The zero-order valence-corrected chi connectivity index (χ0v) is 18.0. The SMILES string of the molecule is Cc1nc(NC(=O)C2CC2)sc1Cc1c(N)cccc1C(=O)NOCC1CCCC1. The molecule has 4 rings (SSSR count). The Balaban J connectivity index is 1.44. The molecule has 0 unspecified atom stereocenters. The van der Waals surface area contributed by atoms with E-state index < -0.39 is 0 Å². The number of aromatic nitrogens is 1. The van der Waals surface area contributed by atoms with E-state index in [9.17, 15) is 9.59 Å². The molecule has 160 valence electrons. The van der Waals surface area contributed by atoms with Crippen LogP contribution in [0.4, 0.5) is 10.8 Å². The third-order valence-corrected chi connectivity index (χ3v) is 6.90. The van der Waals surface area contributed by atoms with Gasteiger partial charge in [-0.2, -0.15) is 0 Å². The third kappa shape index (κ3) is 4.99. The van der Waals surface area contributed by atoms with Gasteiger partial charge in [-0.15, -0.1) is 11.3 Å². The van der Waals surface area contributed by atoms with E-state index >= 15 is 0 Å². The van der Waals surface area contributed by atoms with E-state index in [2.05, 4.69) is 15.8 Å². The summed E-state index contributed by atoms with van der Waals surface area (Å²) >= 11 is 1.43. The van der Waals surface area contributed by atoms with Gasteiger partial charge in [0.1, 0.15) is 0 Å². The van der Waals surface area contributed by atoms with Crippen molar-refractivity contribution in [1.29, 1.82) is 0 Å². The van der Waals surface area contributed by atoms with Crippen molar-refractivity contribution in [1.82, 2.24) is 10.5 Å². The number of amides is 2. The molecule has 1 aromatic heterocycles. The predicted molar refractivity (Wildman–Crippen MR) is 117 cm³/mol. The Labute approximate surface area is 180 Å². The van der Waals surface area contributed by atoms with Crippen LogP contribution in [0.2, 0.25) is 0 Å². The molecule has 0 bridgehead atoms. The fraction of sp³-hybridized carbons (Fsp3) is 0.500. The van der Waals surface area contributed by atoms with Crippen LogP contribution in [0, 0.1) is 18.8 Å². The second kappa shape index (κ2) is 9.14. The number of nitrogen functional groups attached to an aromatic ring is 1. The van der Waals surface area contributed by atoms with Crippen molar-refractivity contribution in [3.8, 4) is 0 Å². The fourth-order valence-electron chi connectivity index (χ4n) is 3.83. The van der Waals surface area contributed by atoms with Crippen LogP contribution in [0.15, 0.2) is 18.2 Å². The minimum absolute atomic E-state index is 0.0361. The van der Waals surface area contributed by atoms with Crippen molar-refractivity contribution < 1.29 is 14.4 Å². The van der Waals surface area contributed by atoms with Gasteiger partial charge >= 0.3 is 0 Å². The number of rotatable bonds is 8. The van der Waals surface area contributed by atoms with Gasteiger partial charge in [-0.25, -0.2) is 10.5 Å². The summed E-state index contributed by atoms with van der Waals surface area (Å²) in [7, 11) is 0. The van der Waals surface area contributed by atoms with Crippen molar-refractivity contribution in [2.24, 2.45) is 11.8 Å². The van der Waals surface area contributed by atoms with Crippen LogP contribution in [-0.4, -0.2) is 23.4 Å². The molecule has 7 nitrogen and oxygen atoms in total. The molecule has 4 N–H and O–H groups in total.